The lowest BCUT2D eigenvalue weighted by molar-refractivity contribution is -0.138. The molecular formula is C20H27NO4. The van der Waals surface area contributed by atoms with E-state index in [1.54, 1.807) is 7.11 Å². The molecule has 5 heteroatoms. The first-order valence-corrected chi connectivity index (χ1v) is 9.16. The molecular weight excluding hydrogens is 318 g/mol. The fraction of sp³-hybridized carbons (Fsp3) is 0.600. The molecule has 2 bridgehead atoms. The lowest BCUT2D eigenvalue weighted by atomic mass is 9.68. The standard InChI is InChI=1S/C20H27NO4/c1-25-17-5-2-4-14(11-17)12-20(13-15-7-8-16(20)10-15)19(24)21-9-3-6-18(22)23/h2,4-5,11,15-16H,3,6-10,12-13H2,1H3,(H,21,24)(H,22,23). The normalized spacial score (nSPS) is 27.2. The Morgan fingerprint density at radius 2 is 2.20 bits per heavy atom. The zero-order chi connectivity index (χ0) is 17.9. The quantitative estimate of drug-likeness (QED) is 0.710. The van der Waals surface area contributed by atoms with Crippen molar-refractivity contribution >= 4 is 11.9 Å². The SMILES string of the molecule is COc1cccc(CC2(C(=O)NCCCC(=O)O)CC3CCC2C3)c1. The highest BCUT2D eigenvalue weighted by Crippen LogP contribution is 2.57. The second kappa shape index (κ2) is 7.46. The third kappa shape index (κ3) is 3.80. The Hall–Kier alpha value is -2.04. The van der Waals surface area contributed by atoms with Crippen LogP contribution in [0.1, 0.15) is 44.1 Å². The molecule has 2 N–H and O–H groups in total. The van der Waals surface area contributed by atoms with Gasteiger partial charge in [0.05, 0.1) is 12.5 Å². The maximum absolute atomic E-state index is 13.1. The Morgan fingerprint density at radius 1 is 1.36 bits per heavy atom. The second-order valence-corrected chi connectivity index (χ2v) is 7.52. The van der Waals surface area contributed by atoms with Crippen LogP contribution in [0.15, 0.2) is 24.3 Å². The largest absolute Gasteiger partial charge is 0.497 e. The number of carbonyl (C=O) groups excluding carboxylic acids is 1. The average molecular weight is 345 g/mol. The van der Waals surface area contributed by atoms with E-state index in [4.69, 9.17) is 9.84 Å². The maximum Gasteiger partial charge on any atom is 0.303 e. The lowest BCUT2D eigenvalue weighted by Gasteiger charge is -2.36. The van der Waals surface area contributed by atoms with Gasteiger partial charge in [0, 0.05) is 13.0 Å². The first-order chi connectivity index (χ1) is 12.0. The van der Waals surface area contributed by atoms with Crippen molar-refractivity contribution in [2.75, 3.05) is 13.7 Å². The van der Waals surface area contributed by atoms with Crippen molar-refractivity contribution in [3.8, 4) is 5.75 Å². The van der Waals surface area contributed by atoms with Gasteiger partial charge in [-0.3, -0.25) is 9.59 Å². The van der Waals surface area contributed by atoms with E-state index in [0.29, 0.717) is 24.8 Å². The third-order valence-corrected chi connectivity index (χ3v) is 5.93. The molecule has 0 aromatic heterocycles. The Morgan fingerprint density at radius 3 is 2.84 bits per heavy atom. The van der Waals surface area contributed by atoms with E-state index < -0.39 is 5.97 Å². The summed E-state index contributed by atoms with van der Waals surface area (Å²) < 4.78 is 5.32. The predicted molar refractivity (Wildman–Crippen MR) is 94.5 cm³/mol. The number of carboxylic acid groups (broad SMARTS) is 1. The summed E-state index contributed by atoms with van der Waals surface area (Å²) in [6.07, 6.45) is 5.75. The van der Waals surface area contributed by atoms with Crippen molar-refractivity contribution in [2.45, 2.75) is 44.9 Å². The van der Waals surface area contributed by atoms with Gasteiger partial charge in [0.1, 0.15) is 5.75 Å². The Labute approximate surface area is 148 Å². The minimum atomic E-state index is -0.819. The number of rotatable bonds is 8. The zero-order valence-electron chi connectivity index (χ0n) is 14.8. The minimum absolute atomic E-state index is 0.0925. The van der Waals surface area contributed by atoms with Gasteiger partial charge >= 0.3 is 5.97 Å². The smallest absolute Gasteiger partial charge is 0.303 e. The van der Waals surface area contributed by atoms with Crippen LogP contribution in [0.5, 0.6) is 5.75 Å². The first-order valence-electron chi connectivity index (χ1n) is 9.16. The summed E-state index contributed by atoms with van der Waals surface area (Å²) in [5.41, 5.74) is 0.783. The highest BCUT2D eigenvalue weighted by Gasteiger charge is 2.55. The summed E-state index contributed by atoms with van der Waals surface area (Å²) >= 11 is 0. The van der Waals surface area contributed by atoms with E-state index in [9.17, 15) is 9.59 Å². The van der Waals surface area contributed by atoms with Gasteiger partial charge in [0.2, 0.25) is 5.91 Å². The molecule has 0 saturated heterocycles. The van der Waals surface area contributed by atoms with E-state index in [2.05, 4.69) is 11.4 Å². The molecule has 1 aromatic rings. The summed E-state index contributed by atoms with van der Waals surface area (Å²) in [7, 11) is 1.65. The molecule has 3 unspecified atom stereocenters. The average Bonchev–Trinajstić information content (AvgIpc) is 3.20. The van der Waals surface area contributed by atoms with E-state index >= 15 is 0 Å². The number of hydrogen-bond donors (Lipinski definition) is 2. The van der Waals surface area contributed by atoms with Crippen LogP contribution >= 0.6 is 0 Å². The topological polar surface area (TPSA) is 75.6 Å². The number of nitrogens with one attached hydrogen (secondary N) is 1. The molecule has 2 saturated carbocycles. The molecule has 136 valence electrons. The third-order valence-electron chi connectivity index (χ3n) is 5.93. The molecule has 1 amide bonds. The molecule has 0 spiro atoms. The van der Waals surface area contributed by atoms with Gasteiger partial charge < -0.3 is 15.2 Å². The molecule has 2 aliphatic rings. The van der Waals surface area contributed by atoms with Gasteiger partial charge in [-0.25, -0.2) is 0 Å². The Balaban J connectivity index is 1.72. The van der Waals surface area contributed by atoms with Crippen molar-refractivity contribution in [1.29, 1.82) is 0 Å². The zero-order valence-corrected chi connectivity index (χ0v) is 14.8. The van der Waals surface area contributed by atoms with Crippen LogP contribution in [0.3, 0.4) is 0 Å². The summed E-state index contributed by atoms with van der Waals surface area (Å²) in [6.45, 7) is 0.433. The van der Waals surface area contributed by atoms with Gasteiger partial charge in [-0.15, -0.1) is 0 Å². The molecule has 1 aromatic carbocycles. The lowest BCUT2D eigenvalue weighted by Crippen LogP contribution is -2.46. The fourth-order valence-electron chi connectivity index (χ4n) is 4.78. The summed E-state index contributed by atoms with van der Waals surface area (Å²) in [4.78, 5) is 23.7. The fourth-order valence-corrected chi connectivity index (χ4v) is 4.78. The van der Waals surface area contributed by atoms with Gasteiger partial charge in [-0.05, 0) is 61.6 Å². The van der Waals surface area contributed by atoms with Crippen LogP contribution in [0, 0.1) is 17.3 Å². The van der Waals surface area contributed by atoms with Crippen LogP contribution in [0.25, 0.3) is 0 Å². The van der Waals surface area contributed by atoms with E-state index in [-0.39, 0.29) is 17.7 Å². The van der Waals surface area contributed by atoms with Crippen LogP contribution < -0.4 is 10.1 Å². The number of fused-ring (bicyclic) bond motifs is 2. The van der Waals surface area contributed by atoms with Crippen LogP contribution in [0.4, 0.5) is 0 Å². The number of carboxylic acids is 1. The number of hydrogen-bond acceptors (Lipinski definition) is 3. The molecule has 0 radical (unpaired) electrons. The van der Waals surface area contributed by atoms with Crippen LogP contribution in [0.2, 0.25) is 0 Å². The van der Waals surface area contributed by atoms with Crippen molar-refractivity contribution in [3.63, 3.8) is 0 Å². The van der Waals surface area contributed by atoms with Crippen molar-refractivity contribution < 1.29 is 19.4 Å². The van der Waals surface area contributed by atoms with Crippen molar-refractivity contribution in [2.24, 2.45) is 17.3 Å². The predicted octanol–water partition coefficient (Wildman–Crippen LogP) is 3.03. The maximum atomic E-state index is 13.1. The summed E-state index contributed by atoms with van der Waals surface area (Å²) in [6, 6.07) is 7.97. The minimum Gasteiger partial charge on any atom is -0.497 e. The molecule has 2 aliphatic carbocycles. The Kier molecular flexibility index (Phi) is 5.30. The number of ether oxygens (including phenoxy) is 1. The monoisotopic (exact) mass is 345 g/mol. The Bertz CT molecular complexity index is 644. The molecule has 25 heavy (non-hydrogen) atoms. The van der Waals surface area contributed by atoms with Crippen molar-refractivity contribution in [3.05, 3.63) is 29.8 Å². The second-order valence-electron chi connectivity index (χ2n) is 7.52. The van der Waals surface area contributed by atoms with E-state index in [1.807, 2.05) is 18.2 Å². The van der Waals surface area contributed by atoms with Crippen molar-refractivity contribution in [1.82, 2.24) is 5.32 Å². The molecule has 3 rings (SSSR count). The number of aliphatic carboxylic acids is 1. The van der Waals surface area contributed by atoms with E-state index in [0.717, 1.165) is 37.0 Å². The van der Waals surface area contributed by atoms with Gasteiger partial charge in [0.15, 0.2) is 0 Å². The molecule has 0 heterocycles. The van der Waals surface area contributed by atoms with Gasteiger partial charge in [-0.2, -0.15) is 0 Å². The number of benzene rings is 1. The van der Waals surface area contributed by atoms with Gasteiger partial charge in [0.25, 0.3) is 0 Å². The number of carbonyl (C=O) groups is 2. The highest BCUT2D eigenvalue weighted by atomic mass is 16.5. The van der Waals surface area contributed by atoms with Crippen LogP contribution in [-0.4, -0.2) is 30.6 Å². The number of methoxy groups -OCH3 is 1. The highest BCUT2D eigenvalue weighted by molar-refractivity contribution is 5.84. The summed E-state index contributed by atoms with van der Waals surface area (Å²) in [5, 5.41) is 11.8. The number of amides is 1. The molecule has 5 nitrogen and oxygen atoms in total. The van der Waals surface area contributed by atoms with E-state index in [1.165, 1.54) is 6.42 Å². The molecule has 0 aliphatic heterocycles. The van der Waals surface area contributed by atoms with Crippen LogP contribution in [-0.2, 0) is 16.0 Å². The molecule has 2 fully saturated rings. The summed E-state index contributed by atoms with van der Waals surface area (Å²) in [5.74, 6) is 1.19. The van der Waals surface area contributed by atoms with Gasteiger partial charge in [-0.1, -0.05) is 18.6 Å². The molecule has 3 atom stereocenters. The first kappa shape index (κ1) is 17.8.